The summed E-state index contributed by atoms with van der Waals surface area (Å²) in [5, 5.41) is 9.65. The van der Waals surface area contributed by atoms with Crippen LogP contribution in [0.2, 0.25) is 0 Å². The van der Waals surface area contributed by atoms with Crippen LogP contribution in [0, 0.1) is 11.6 Å². The first kappa shape index (κ1) is 16.3. The SMILES string of the molecule is O=C(CC1CCCN1)NC1CNCCC1c1ccc(F)c(F)c1. The topological polar surface area (TPSA) is 53.2 Å². The van der Waals surface area contributed by atoms with Crippen molar-refractivity contribution in [3.63, 3.8) is 0 Å². The highest BCUT2D eigenvalue weighted by Gasteiger charge is 2.29. The lowest BCUT2D eigenvalue weighted by Gasteiger charge is -2.33. The number of nitrogens with one attached hydrogen (secondary N) is 3. The molecule has 0 radical (unpaired) electrons. The Morgan fingerprint density at radius 3 is 2.83 bits per heavy atom. The van der Waals surface area contributed by atoms with Gasteiger partial charge in [0.1, 0.15) is 0 Å². The van der Waals surface area contributed by atoms with Crippen molar-refractivity contribution >= 4 is 5.91 Å². The molecule has 126 valence electrons. The number of carbonyl (C=O) groups is 1. The number of amides is 1. The van der Waals surface area contributed by atoms with Crippen molar-refractivity contribution in [1.29, 1.82) is 0 Å². The molecule has 0 saturated carbocycles. The minimum Gasteiger partial charge on any atom is -0.351 e. The van der Waals surface area contributed by atoms with E-state index in [0.29, 0.717) is 13.0 Å². The zero-order valence-corrected chi connectivity index (χ0v) is 13.1. The van der Waals surface area contributed by atoms with Crippen molar-refractivity contribution in [2.45, 2.75) is 43.7 Å². The summed E-state index contributed by atoms with van der Waals surface area (Å²) in [6.07, 6.45) is 3.40. The molecular formula is C17H23F2N3O. The summed E-state index contributed by atoms with van der Waals surface area (Å²) < 4.78 is 26.6. The predicted octanol–water partition coefficient (Wildman–Crippen LogP) is 1.67. The molecule has 0 bridgehead atoms. The molecule has 1 aromatic rings. The van der Waals surface area contributed by atoms with Gasteiger partial charge in [-0.25, -0.2) is 8.78 Å². The summed E-state index contributed by atoms with van der Waals surface area (Å²) in [5.74, 6) is -1.64. The van der Waals surface area contributed by atoms with E-state index in [9.17, 15) is 13.6 Å². The van der Waals surface area contributed by atoms with E-state index in [4.69, 9.17) is 0 Å². The smallest absolute Gasteiger partial charge is 0.221 e. The van der Waals surface area contributed by atoms with Gasteiger partial charge >= 0.3 is 0 Å². The molecule has 3 atom stereocenters. The second kappa shape index (κ2) is 7.36. The van der Waals surface area contributed by atoms with Crippen LogP contribution in [0.3, 0.4) is 0 Å². The summed E-state index contributed by atoms with van der Waals surface area (Å²) in [5.41, 5.74) is 0.745. The number of piperidine rings is 1. The third-order valence-corrected chi connectivity index (χ3v) is 4.79. The zero-order chi connectivity index (χ0) is 16.2. The van der Waals surface area contributed by atoms with Gasteiger partial charge in [0.15, 0.2) is 11.6 Å². The Morgan fingerprint density at radius 1 is 1.22 bits per heavy atom. The summed E-state index contributed by atoms with van der Waals surface area (Å²) in [7, 11) is 0. The molecule has 0 aromatic heterocycles. The Hall–Kier alpha value is -1.53. The number of rotatable bonds is 4. The molecule has 4 nitrogen and oxygen atoms in total. The molecule has 2 aliphatic rings. The third-order valence-electron chi connectivity index (χ3n) is 4.79. The van der Waals surface area contributed by atoms with E-state index in [1.54, 1.807) is 6.07 Å². The Morgan fingerprint density at radius 2 is 2.09 bits per heavy atom. The fourth-order valence-corrected chi connectivity index (χ4v) is 3.57. The van der Waals surface area contributed by atoms with Crippen molar-refractivity contribution in [1.82, 2.24) is 16.0 Å². The summed E-state index contributed by atoms with van der Waals surface area (Å²) in [6, 6.07) is 4.19. The van der Waals surface area contributed by atoms with Gasteiger partial charge in [0.2, 0.25) is 5.91 Å². The van der Waals surface area contributed by atoms with Gasteiger partial charge in [-0.3, -0.25) is 4.79 Å². The summed E-state index contributed by atoms with van der Waals surface area (Å²) >= 11 is 0. The Bertz CT molecular complexity index is 561. The molecule has 2 aliphatic heterocycles. The number of halogens is 2. The highest BCUT2D eigenvalue weighted by molar-refractivity contribution is 5.77. The predicted molar refractivity (Wildman–Crippen MR) is 84.2 cm³/mol. The lowest BCUT2D eigenvalue weighted by atomic mass is 9.86. The molecule has 1 aromatic carbocycles. The maximum atomic E-state index is 13.5. The standard InChI is InChI=1S/C17H23F2N3O/c18-14-4-3-11(8-15(14)19)13-5-7-20-10-16(13)22-17(23)9-12-2-1-6-21-12/h3-4,8,12-13,16,20-21H,1-2,5-7,9-10H2,(H,22,23). The van der Waals surface area contributed by atoms with Crippen LogP contribution in [-0.4, -0.2) is 37.6 Å². The van der Waals surface area contributed by atoms with Crippen molar-refractivity contribution < 1.29 is 13.6 Å². The number of hydrogen-bond donors (Lipinski definition) is 3. The normalized spacial score (nSPS) is 27.8. The fourth-order valence-electron chi connectivity index (χ4n) is 3.57. The van der Waals surface area contributed by atoms with Crippen LogP contribution < -0.4 is 16.0 Å². The Kier molecular flexibility index (Phi) is 5.23. The van der Waals surface area contributed by atoms with E-state index < -0.39 is 11.6 Å². The monoisotopic (exact) mass is 323 g/mol. The van der Waals surface area contributed by atoms with E-state index in [-0.39, 0.29) is 23.9 Å². The second-order valence-electron chi connectivity index (χ2n) is 6.44. The molecule has 23 heavy (non-hydrogen) atoms. The van der Waals surface area contributed by atoms with Crippen molar-refractivity contribution in [3.05, 3.63) is 35.4 Å². The molecule has 3 rings (SSSR count). The van der Waals surface area contributed by atoms with Gasteiger partial charge < -0.3 is 16.0 Å². The van der Waals surface area contributed by atoms with Crippen molar-refractivity contribution in [2.24, 2.45) is 0 Å². The molecular weight excluding hydrogens is 300 g/mol. The highest BCUT2D eigenvalue weighted by atomic mass is 19.2. The van der Waals surface area contributed by atoms with Gasteiger partial charge in [0.25, 0.3) is 0 Å². The van der Waals surface area contributed by atoms with E-state index in [2.05, 4.69) is 16.0 Å². The lowest BCUT2D eigenvalue weighted by Crippen LogP contribution is -2.50. The average Bonchev–Trinajstić information content (AvgIpc) is 3.03. The van der Waals surface area contributed by atoms with Gasteiger partial charge in [0.05, 0.1) is 0 Å². The number of carbonyl (C=O) groups excluding carboxylic acids is 1. The molecule has 0 spiro atoms. The van der Waals surface area contributed by atoms with Gasteiger partial charge in [0, 0.05) is 31.0 Å². The van der Waals surface area contributed by atoms with Gasteiger partial charge in [-0.05, 0) is 50.0 Å². The van der Waals surface area contributed by atoms with Crippen molar-refractivity contribution in [2.75, 3.05) is 19.6 Å². The Balaban J connectivity index is 1.65. The van der Waals surface area contributed by atoms with Crippen LogP contribution in [0.5, 0.6) is 0 Å². The number of benzene rings is 1. The first-order chi connectivity index (χ1) is 11.1. The fraction of sp³-hybridized carbons (Fsp3) is 0.588. The lowest BCUT2D eigenvalue weighted by molar-refractivity contribution is -0.122. The maximum Gasteiger partial charge on any atom is 0.221 e. The van der Waals surface area contributed by atoms with Crippen LogP contribution in [0.15, 0.2) is 18.2 Å². The third kappa shape index (κ3) is 4.06. The van der Waals surface area contributed by atoms with Crippen molar-refractivity contribution in [3.8, 4) is 0 Å². The minimum atomic E-state index is -0.837. The number of hydrogen-bond acceptors (Lipinski definition) is 3. The molecule has 2 fully saturated rings. The Labute approximate surface area is 135 Å². The first-order valence-corrected chi connectivity index (χ1v) is 8.32. The van der Waals surface area contributed by atoms with Gasteiger partial charge in [-0.2, -0.15) is 0 Å². The largest absolute Gasteiger partial charge is 0.351 e. The molecule has 3 unspecified atom stereocenters. The van der Waals surface area contributed by atoms with Gasteiger partial charge in [-0.1, -0.05) is 6.07 Å². The van der Waals surface area contributed by atoms with E-state index in [1.807, 2.05) is 0 Å². The molecule has 2 heterocycles. The molecule has 6 heteroatoms. The van der Waals surface area contributed by atoms with Crippen LogP contribution in [0.25, 0.3) is 0 Å². The van der Waals surface area contributed by atoms with Crippen LogP contribution in [0.4, 0.5) is 8.78 Å². The molecule has 2 saturated heterocycles. The highest BCUT2D eigenvalue weighted by Crippen LogP contribution is 2.27. The van der Waals surface area contributed by atoms with Gasteiger partial charge in [-0.15, -0.1) is 0 Å². The van der Waals surface area contributed by atoms with Crippen LogP contribution in [0.1, 0.15) is 37.2 Å². The second-order valence-corrected chi connectivity index (χ2v) is 6.44. The average molecular weight is 323 g/mol. The molecule has 0 aliphatic carbocycles. The van der Waals surface area contributed by atoms with Crippen LogP contribution in [-0.2, 0) is 4.79 Å². The quantitative estimate of drug-likeness (QED) is 0.790. The van der Waals surface area contributed by atoms with E-state index in [0.717, 1.165) is 44.0 Å². The first-order valence-electron chi connectivity index (χ1n) is 8.32. The minimum absolute atomic E-state index is 0.00633. The summed E-state index contributed by atoms with van der Waals surface area (Å²) in [6.45, 7) is 2.42. The molecule has 1 amide bonds. The van der Waals surface area contributed by atoms with E-state index in [1.165, 1.54) is 6.07 Å². The molecule has 3 N–H and O–H groups in total. The zero-order valence-electron chi connectivity index (χ0n) is 13.1. The van der Waals surface area contributed by atoms with E-state index >= 15 is 0 Å². The maximum absolute atomic E-state index is 13.5. The summed E-state index contributed by atoms with van der Waals surface area (Å²) in [4.78, 5) is 12.3. The van der Waals surface area contributed by atoms with Crippen LogP contribution >= 0.6 is 0 Å².